The normalized spacial score (nSPS) is 10.9. The lowest BCUT2D eigenvalue weighted by molar-refractivity contribution is 0.0526. The number of benzene rings is 1. The minimum atomic E-state index is -0.323. The van der Waals surface area contributed by atoms with E-state index in [1.165, 1.54) is 0 Å². The van der Waals surface area contributed by atoms with Gasteiger partial charge in [-0.05, 0) is 25.1 Å². The number of rotatable bonds is 2. The molecule has 90 valence electrons. The predicted molar refractivity (Wildman–Crippen MR) is 66.4 cm³/mol. The lowest BCUT2D eigenvalue weighted by Crippen LogP contribution is -2.05. The number of aromatic nitrogens is 3. The van der Waals surface area contributed by atoms with E-state index in [0.717, 1.165) is 16.6 Å². The Morgan fingerprint density at radius 2 is 2.28 bits per heavy atom. The number of nitrogens with zero attached hydrogens (tertiary/aromatic N) is 3. The van der Waals surface area contributed by atoms with Crippen molar-refractivity contribution in [3.63, 3.8) is 0 Å². The van der Waals surface area contributed by atoms with Gasteiger partial charge in [-0.25, -0.2) is 9.78 Å². The van der Waals surface area contributed by atoms with Crippen molar-refractivity contribution in [2.45, 2.75) is 6.92 Å². The highest BCUT2D eigenvalue weighted by atomic mass is 16.5. The lowest BCUT2D eigenvalue weighted by Gasteiger charge is -2.05. The van der Waals surface area contributed by atoms with Gasteiger partial charge in [-0.3, -0.25) is 9.38 Å². The number of carbonyl (C=O) groups excluding carboxylic acids is 1. The van der Waals surface area contributed by atoms with E-state index in [1.54, 1.807) is 43.8 Å². The fraction of sp³-hybridized carbons (Fsp3) is 0.154. The van der Waals surface area contributed by atoms with Gasteiger partial charge in [-0.15, -0.1) is 0 Å². The Labute approximate surface area is 103 Å². The zero-order valence-corrected chi connectivity index (χ0v) is 9.83. The molecule has 0 N–H and O–H groups in total. The van der Waals surface area contributed by atoms with Crippen LogP contribution in [0, 0.1) is 0 Å². The van der Waals surface area contributed by atoms with Gasteiger partial charge in [0.2, 0.25) is 0 Å². The molecule has 5 nitrogen and oxygen atoms in total. The number of ether oxygens (including phenoxy) is 1. The molecule has 0 saturated heterocycles. The first-order valence-corrected chi connectivity index (χ1v) is 5.67. The summed E-state index contributed by atoms with van der Waals surface area (Å²) < 4.78 is 6.88. The summed E-state index contributed by atoms with van der Waals surface area (Å²) in [5.74, 6) is -0.323. The number of fused-ring (bicyclic) bond motifs is 3. The smallest absolute Gasteiger partial charge is 0.338 e. The Morgan fingerprint density at radius 1 is 1.39 bits per heavy atom. The number of esters is 1. The summed E-state index contributed by atoms with van der Waals surface area (Å²) >= 11 is 0. The molecule has 0 spiro atoms. The highest BCUT2D eigenvalue weighted by molar-refractivity contribution is 5.94. The van der Waals surface area contributed by atoms with Crippen LogP contribution in [-0.2, 0) is 4.74 Å². The van der Waals surface area contributed by atoms with Crippen LogP contribution in [0.1, 0.15) is 17.3 Å². The van der Waals surface area contributed by atoms with Crippen LogP contribution >= 0.6 is 0 Å². The monoisotopic (exact) mass is 241 g/mol. The zero-order valence-electron chi connectivity index (χ0n) is 9.83. The summed E-state index contributed by atoms with van der Waals surface area (Å²) in [5, 5.41) is 0. The Kier molecular flexibility index (Phi) is 2.44. The average molecular weight is 241 g/mol. The van der Waals surface area contributed by atoms with Crippen molar-refractivity contribution < 1.29 is 9.53 Å². The maximum Gasteiger partial charge on any atom is 0.338 e. The van der Waals surface area contributed by atoms with Crippen molar-refractivity contribution in [2.24, 2.45) is 0 Å². The quantitative estimate of drug-likeness (QED) is 0.644. The largest absolute Gasteiger partial charge is 0.462 e. The van der Waals surface area contributed by atoms with Crippen LogP contribution in [0.15, 0.2) is 36.9 Å². The van der Waals surface area contributed by atoms with Gasteiger partial charge in [0.25, 0.3) is 0 Å². The molecule has 2 aromatic heterocycles. The number of hydrogen-bond donors (Lipinski definition) is 0. The first-order valence-electron chi connectivity index (χ1n) is 5.67. The standard InChI is InChI=1S/C13H11N3O2/c1-2-18-13(17)9-3-4-11-12(5-9)16-8-14-6-10(16)7-15-11/h3-8H,2H2,1H3. The molecule has 3 aromatic rings. The second-order valence-electron chi connectivity index (χ2n) is 3.87. The summed E-state index contributed by atoms with van der Waals surface area (Å²) in [6, 6.07) is 5.30. The van der Waals surface area contributed by atoms with Crippen LogP contribution in [0.5, 0.6) is 0 Å². The number of imidazole rings is 1. The topological polar surface area (TPSA) is 56.5 Å². The lowest BCUT2D eigenvalue weighted by atomic mass is 10.2. The molecule has 0 fully saturated rings. The van der Waals surface area contributed by atoms with Crippen molar-refractivity contribution in [1.82, 2.24) is 14.4 Å². The molecule has 0 radical (unpaired) electrons. The van der Waals surface area contributed by atoms with Crippen LogP contribution in [-0.4, -0.2) is 26.9 Å². The Balaban J connectivity index is 2.23. The molecule has 0 amide bonds. The molecular weight excluding hydrogens is 230 g/mol. The molecule has 0 saturated carbocycles. The third-order valence-electron chi connectivity index (χ3n) is 2.75. The minimum absolute atomic E-state index is 0.323. The van der Waals surface area contributed by atoms with Gasteiger partial charge < -0.3 is 4.74 Å². The van der Waals surface area contributed by atoms with Crippen LogP contribution in [0.4, 0.5) is 0 Å². The van der Waals surface area contributed by atoms with E-state index in [4.69, 9.17) is 4.74 Å². The van der Waals surface area contributed by atoms with Gasteiger partial charge in [-0.1, -0.05) is 0 Å². The molecule has 0 aliphatic heterocycles. The highest BCUT2D eigenvalue weighted by Gasteiger charge is 2.09. The fourth-order valence-electron chi connectivity index (χ4n) is 1.90. The van der Waals surface area contributed by atoms with E-state index in [0.29, 0.717) is 12.2 Å². The van der Waals surface area contributed by atoms with Gasteiger partial charge in [0.1, 0.15) is 0 Å². The van der Waals surface area contributed by atoms with Crippen LogP contribution < -0.4 is 0 Å². The molecule has 0 bridgehead atoms. The summed E-state index contributed by atoms with van der Waals surface area (Å²) in [7, 11) is 0. The van der Waals surface area contributed by atoms with Gasteiger partial charge >= 0.3 is 5.97 Å². The summed E-state index contributed by atoms with van der Waals surface area (Å²) in [4.78, 5) is 20.1. The zero-order chi connectivity index (χ0) is 12.5. The Bertz CT molecular complexity index is 733. The second kappa shape index (κ2) is 4.10. The van der Waals surface area contributed by atoms with Crippen LogP contribution in [0.25, 0.3) is 16.6 Å². The Hall–Kier alpha value is -2.43. The van der Waals surface area contributed by atoms with E-state index in [9.17, 15) is 4.79 Å². The molecule has 0 atom stereocenters. The minimum Gasteiger partial charge on any atom is -0.462 e. The third-order valence-corrected chi connectivity index (χ3v) is 2.75. The van der Waals surface area contributed by atoms with Gasteiger partial charge in [0.15, 0.2) is 0 Å². The van der Waals surface area contributed by atoms with Crippen molar-refractivity contribution in [3.8, 4) is 0 Å². The van der Waals surface area contributed by atoms with E-state index < -0.39 is 0 Å². The third kappa shape index (κ3) is 1.60. The van der Waals surface area contributed by atoms with Crippen molar-refractivity contribution in [3.05, 3.63) is 42.5 Å². The van der Waals surface area contributed by atoms with Gasteiger partial charge in [0, 0.05) is 0 Å². The van der Waals surface area contributed by atoms with Crippen LogP contribution in [0.2, 0.25) is 0 Å². The molecule has 5 heteroatoms. The average Bonchev–Trinajstić information content (AvgIpc) is 2.87. The molecule has 2 heterocycles. The van der Waals surface area contributed by atoms with Crippen LogP contribution in [0.3, 0.4) is 0 Å². The molecule has 18 heavy (non-hydrogen) atoms. The summed E-state index contributed by atoms with van der Waals surface area (Å²) in [6.45, 7) is 2.15. The highest BCUT2D eigenvalue weighted by Crippen LogP contribution is 2.16. The van der Waals surface area contributed by atoms with E-state index in [-0.39, 0.29) is 5.97 Å². The van der Waals surface area contributed by atoms with Crippen molar-refractivity contribution in [1.29, 1.82) is 0 Å². The van der Waals surface area contributed by atoms with E-state index >= 15 is 0 Å². The fourth-order valence-corrected chi connectivity index (χ4v) is 1.90. The number of carbonyl (C=O) groups is 1. The molecular formula is C13H11N3O2. The Morgan fingerprint density at radius 3 is 3.11 bits per heavy atom. The molecule has 0 unspecified atom stereocenters. The molecule has 1 aromatic carbocycles. The van der Waals surface area contributed by atoms with Crippen molar-refractivity contribution >= 4 is 22.5 Å². The predicted octanol–water partition coefficient (Wildman–Crippen LogP) is 2.06. The molecule has 3 rings (SSSR count). The molecule has 0 aliphatic carbocycles. The first-order chi connectivity index (χ1) is 8.79. The maximum absolute atomic E-state index is 11.7. The summed E-state index contributed by atoms with van der Waals surface area (Å²) in [5.41, 5.74) is 3.07. The van der Waals surface area contributed by atoms with E-state index in [2.05, 4.69) is 9.97 Å². The summed E-state index contributed by atoms with van der Waals surface area (Å²) in [6.07, 6.45) is 5.18. The maximum atomic E-state index is 11.7. The van der Waals surface area contributed by atoms with Crippen molar-refractivity contribution in [2.75, 3.05) is 6.61 Å². The first kappa shape index (κ1) is 10.7. The molecule has 0 aliphatic rings. The van der Waals surface area contributed by atoms with Gasteiger partial charge in [-0.2, -0.15) is 0 Å². The van der Waals surface area contributed by atoms with Gasteiger partial charge in [0.05, 0.1) is 47.4 Å². The number of hydrogen-bond acceptors (Lipinski definition) is 4. The second-order valence-corrected chi connectivity index (χ2v) is 3.87. The SMILES string of the molecule is CCOC(=O)c1ccc2ncc3cncn3c2c1. The van der Waals surface area contributed by atoms with E-state index in [1.807, 2.05) is 4.40 Å².